The van der Waals surface area contributed by atoms with Gasteiger partial charge in [-0.2, -0.15) is 11.8 Å². The molecule has 1 aromatic carbocycles. The van der Waals surface area contributed by atoms with Gasteiger partial charge in [0.2, 0.25) is 0 Å². The molecule has 1 heterocycles. The Morgan fingerprint density at radius 2 is 1.80 bits per heavy atom. The van der Waals surface area contributed by atoms with Gasteiger partial charge in [-0.3, -0.25) is 4.99 Å². The topological polar surface area (TPSA) is 61.9 Å². The molecule has 3 N–H and O–H groups in total. The number of nitrogens with zero attached hydrogens (tertiary/aromatic N) is 2. The van der Waals surface area contributed by atoms with E-state index in [1.54, 1.807) is 0 Å². The predicted molar refractivity (Wildman–Crippen MR) is 96.9 cm³/mol. The molecule has 4 nitrogen and oxygen atoms in total. The summed E-state index contributed by atoms with van der Waals surface area (Å²) >= 11 is 1.97. The smallest absolute Gasteiger partial charge is 0.191 e. The molecule has 1 fully saturated rings. The molecular formula is C14H22IN3OS. The molecule has 0 bridgehead atoms. The number of aliphatic hydroxyl groups excluding tert-OH is 1. The van der Waals surface area contributed by atoms with Crippen LogP contribution in [0.25, 0.3) is 0 Å². The number of thioether (sulfide) groups is 1. The third-order valence-corrected chi connectivity index (χ3v) is 4.16. The standard InChI is InChI=1S/C14H21N3OS.HI/c15-14(17-7-9-19-10-8-17)16-6-5-12-1-3-13(11-18)4-2-12;/h1-4,18H,5-11H2,(H2,15,16);1H. The van der Waals surface area contributed by atoms with Crippen molar-refractivity contribution in [3.05, 3.63) is 35.4 Å². The zero-order valence-electron chi connectivity index (χ0n) is 11.5. The molecule has 6 heteroatoms. The first-order valence-corrected chi connectivity index (χ1v) is 7.76. The summed E-state index contributed by atoms with van der Waals surface area (Å²) in [4.78, 5) is 6.61. The van der Waals surface area contributed by atoms with Crippen LogP contribution in [0.4, 0.5) is 0 Å². The van der Waals surface area contributed by atoms with E-state index in [-0.39, 0.29) is 30.6 Å². The highest BCUT2D eigenvalue weighted by Crippen LogP contribution is 2.09. The van der Waals surface area contributed by atoms with Crippen LogP contribution in [0.15, 0.2) is 29.3 Å². The lowest BCUT2D eigenvalue weighted by Gasteiger charge is -2.27. The lowest BCUT2D eigenvalue weighted by Crippen LogP contribution is -2.42. The van der Waals surface area contributed by atoms with Crippen LogP contribution in [0.3, 0.4) is 0 Å². The normalized spacial score (nSPS) is 15.8. The summed E-state index contributed by atoms with van der Waals surface area (Å²) < 4.78 is 0. The molecule has 0 aliphatic carbocycles. The van der Waals surface area contributed by atoms with Crippen LogP contribution >= 0.6 is 35.7 Å². The van der Waals surface area contributed by atoms with Crippen molar-refractivity contribution in [2.24, 2.45) is 10.7 Å². The van der Waals surface area contributed by atoms with Crippen molar-refractivity contribution >= 4 is 41.7 Å². The van der Waals surface area contributed by atoms with E-state index in [2.05, 4.69) is 9.89 Å². The number of benzene rings is 1. The van der Waals surface area contributed by atoms with Crippen LogP contribution in [0.5, 0.6) is 0 Å². The first-order chi connectivity index (χ1) is 9.29. The van der Waals surface area contributed by atoms with Crippen LogP contribution in [0.2, 0.25) is 0 Å². The van der Waals surface area contributed by atoms with Gasteiger partial charge in [0.1, 0.15) is 0 Å². The quantitative estimate of drug-likeness (QED) is 0.453. The fourth-order valence-corrected chi connectivity index (χ4v) is 2.91. The van der Waals surface area contributed by atoms with Crippen molar-refractivity contribution in [3.8, 4) is 0 Å². The van der Waals surface area contributed by atoms with Gasteiger partial charge in [-0.25, -0.2) is 0 Å². The van der Waals surface area contributed by atoms with Gasteiger partial charge < -0.3 is 15.7 Å². The monoisotopic (exact) mass is 407 g/mol. The SMILES string of the molecule is I.NC(=NCCc1ccc(CO)cc1)N1CCSCC1. The van der Waals surface area contributed by atoms with E-state index in [1.807, 2.05) is 36.0 Å². The number of hydrogen-bond acceptors (Lipinski definition) is 3. The van der Waals surface area contributed by atoms with Gasteiger partial charge >= 0.3 is 0 Å². The minimum absolute atomic E-state index is 0. The fraction of sp³-hybridized carbons (Fsp3) is 0.500. The molecule has 0 radical (unpaired) electrons. The van der Waals surface area contributed by atoms with Gasteiger partial charge in [-0.1, -0.05) is 24.3 Å². The largest absolute Gasteiger partial charge is 0.392 e. The maximum atomic E-state index is 8.98. The number of halogens is 1. The van der Waals surface area contributed by atoms with E-state index in [4.69, 9.17) is 10.8 Å². The van der Waals surface area contributed by atoms with E-state index in [9.17, 15) is 0 Å². The molecule has 0 spiro atoms. The van der Waals surface area contributed by atoms with E-state index in [1.165, 1.54) is 5.56 Å². The second-order valence-electron chi connectivity index (χ2n) is 4.56. The van der Waals surface area contributed by atoms with Crippen LogP contribution in [-0.4, -0.2) is 47.1 Å². The minimum Gasteiger partial charge on any atom is -0.392 e. The Bertz CT molecular complexity index is 419. The molecule has 1 aliphatic heterocycles. The van der Waals surface area contributed by atoms with Crippen LogP contribution in [-0.2, 0) is 13.0 Å². The summed E-state index contributed by atoms with van der Waals surface area (Å²) in [7, 11) is 0. The van der Waals surface area contributed by atoms with Crippen molar-refractivity contribution < 1.29 is 5.11 Å². The highest BCUT2D eigenvalue weighted by Gasteiger charge is 2.11. The van der Waals surface area contributed by atoms with E-state index in [0.29, 0.717) is 12.5 Å². The minimum atomic E-state index is 0. The average Bonchev–Trinajstić information content (AvgIpc) is 2.49. The highest BCUT2D eigenvalue weighted by molar-refractivity contribution is 14.0. The van der Waals surface area contributed by atoms with Crippen molar-refractivity contribution in [2.45, 2.75) is 13.0 Å². The first kappa shape index (κ1) is 17.6. The zero-order valence-corrected chi connectivity index (χ0v) is 14.6. The van der Waals surface area contributed by atoms with Crippen molar-refractivity contribution in [1.29, 1.82) is 0 Å². The van der Waals surface area contributed by atoms with Crippen molar-refractivity contribution in [1.82, 2.24) is 4.90 Å². The third kappa shape index (κ3) is 5.49. The summed E-state index contributed by atoms with van der Waals surface area (Å²) in [5.74, 6) is 2.95. The second-order valence-corrected chi connectivity index (χ2v) is 5.79. The first-order valence-electron chi connectivity index (χ1n) is 6.61. The average molecular weight is 407 g/mol. The molecule has 20 heavy (non-hydrogen) atoms. The molecule has 0 saturated carbocycles. The Hall–Kier alpha value is -0.470. The fourth-order valence-electron chi connectivity index (χ4n) is 2.00. The maximum absolute atomic E-state index is 8.98. The molecule has 0 aromatic heterocycles. The Morgan fingerprint density at radius 3 is 2.40 bits per heavy atom. The third-order valence-electron chi connectivity index (χ3n) is 3.21. The summed E-state index contributed by atoms with van der Waals surface area (Å²) in [6.45, 7) is 2.82. The molecule has 0 atom stereocenters. The summed E-state index contributed by atoms with van der Waals surface area (Å²) in [5, 5.41) is 8.98. The van der Waals surface area contributed by atoms with Crippen molar-refractivity contribution in [3.63, 3.8) is 0 Å². The van der Waals surface area contributed by atoms with Crippen LogP contribution in [0.1, 0.15) is 11.1 Å². The Balaban J connectivity index is 0.00000200. The van der Waals surface area contributed by atoms with Gasteiger partial charge in [-0.05, 0) is 17.5 Å². The predicted octanol–water partition coefficient (Wildman–Crippen LogP) is 1.70. The number of rotatable bonds is 4. The summed E-state index contributed by atoms with van der Waals surface area (Å²) in [6, 6.07) is 7.97. The zero-order chi connectivity index (χ0) is 13.5. The molecule has 1 aliphatic rings. The number of guanidine groups is 1. The number of aliphatic hydroxyl groups is 1. The van der Waals surface area contributed by atoms with Gasteiger partial charge in [0, 0.05) is 31.1 Å². The Kier molecular flexibility index (Phi) is 8.32. The molecule has 2 rings (SSSR count). The lowest BCUT2D eigenvalue weighted by atomic mass is 10.1. The van der Waals surface area contributed by atoms with Gasteiger partial charge in [-0.15, -0.1) is 24.0 Å². The van der Waals surface area contributed by atoms with Gasteiger partial charge in [0.05, 0.1) is 6.61 Å². The molecule has 0 unspecified atom stereocenters. The molecule has 1 saturated heterocycles. The lowest BCUT2D eigenvalue weighted by molar-refractivity contribution is 0.282. The molecule has 1 aromatic rings. The Labute approximate surface area is 141 Å². The van der Waals surface area contributed by atoms with E-state index < -0.39 is 0 Å². The molecule has 0 amide bonds. The van der Waals surface area contributed by atoms with E-state index >= 15 is 0 Å². The van der Waals surface area contributed by atoms with Gasteiger partial charge in [0.25, 0.3) is 0 Å². The molecule has 112 valence electrons. The molecular weight excluding hydrogens is 385 g/mol. The number of hydrogen-bond donors (Lipinski definition) is 2. The van der Waals surface area contributed by atoms with E-state index in [0.717, 1.165) is 36.6 Å². The highest BCUT2D eigenvalue weighted by atomic mass is 127. The number of aliphatic imine (C=N–C) groups is 1. The Morgan fingerprint density at radius 1 is 1.20 bits per heavy atom. The number of nitrogens with two attached hydrogens (primary N) is 1. The van der Waals surface area contributed by atoms with Crippen LogP contribution in [0, 0.1) is 0 Å². The van der Waals surface area contributed by atoms with Crippen LogP contribution < -0.4 is 5.73 Å². The van der Waals surface area contributed by atoms with Crippen molar-refractivity contribution in [2.75, 3.05) is 31.1 Å². The summed E-state index contributed by atoms with van der Waals surface area (Å²) in [5.41, 5.74) is 8.16. The maximum Gasteiger partial charge on any atom is 0.191 e. The second kappa shape index (κ2) is 9.46. The van der Waals surface area contributed by atoms with Gasteiger partial charge in [0.15, 0.2) is 5.96 Å². The summed E-state index contributed by atoms with van der Waals surface area (Å²) in [6.07, 6.45) is 0.884.